The Labute approximate surface area is 143 Å². The number of phosphoric acid groups is 2. The highest BCUT2D eigenvalue weighted by Gasteiger charge is 2.20. The van der Waals surface area contributed by atoms with Crippen molar-refractivity contribution in [2.75, 3.05) is 46.2 Å². The van der Waals surface area contributed by atoms with Gasteiger partial charge in [-0.3, -0.25) is 13.6 Å². The van der Waals surface area contributed by atoms with Crippen LogP contribution in [0, 0.1) is 0 Å². The lowest BCUT2D eigenvalue weighted by atomic mass is 10.4. The number of ether oxygens (including phenoxy) is 2. The fourth-order valence-electron chi connectivity index (χ4n) is 1.08. The predicted octanol–water partition coefficient (Wildman–Crippen LogP) is 2.09. The first-order valence-electron chi connectivity index (χ1n) is 7.65. The Balaban J connectivity index is 0. The number of hydrogen-bond donors (Lipinski definition) is 3. The van der Waals surface area contributed by atoms with E-state index in [1.807, 2.05) is 20.8 Å². The van der Waals surface area contributed by atoms with E-state index in [4.69, 9.17) is 24.2 Å². The van der Waals surface area contributed by atoms with E-state index in [2.05, 4.69) is 13.6 Å². The van der Waals surface area contributed by atoms with Gasteiger partial charge in [-0.05, 0) is 20.3 Å². The number of rotatable bonds is 14. The molecule has 0 saturated heterocycles. The molecule has 0 saturated carbocycles. The Hall–Kier alpha value is 0.140. The van der Waals surface area contributed by atoms with E-state index >= 15 is 0 Å². The van der Waals surface area contributed by atoms with Gasteiger partial charge in [0.1, 0.15) is 0 Å². The lowest BCUT2D eigenvalue weighted by Gasteiger charge is -2.11. The molecule has 0 aromatic heterocycles. The number of unbranched alkanes of at least 4 members (excludes halogenated alkanes) is 1. The van der Waals surface area contributed by atoms with Crippen molar-refractivity contribution in [3.63, 3.8) is 0 Å². The molecule has 0 fully saturated rings. The SMILES string of the molecule is CCCCOP(=O)(O)O.CCOCCOP(=O)(O)OCCOCC. The standard InChI is InChI=1S/C8H19O6P.C4H11O4P/c1-3-11-5-7-13-15(9,10)14-8-6-12-4-2;1-2-3-4-8-9(5,6)7/h3-8H2,1-2H3,(H,9,10);2-4H2,1H3,(H2,5,6,7). The highest BCUT2D eigenvalue weighted by molar-refractivity contribution is 7.47. The molecule has 12 heteroatoms. The lowest BCUT2D eigenvalue weighted by Crippen LogP contribution is -2.07. The average Bonchev–Trinajstić information content (AvgIpc) is 2.48. The summed E-state index contributed by atoms with van der Waals surface area (Å²) in [6.45, 7) is 7.44. The van der Waals surface area contributed by atoms with Gasteiger partial charge in [0.15, 0.2) is 0 Å². The first-order valence-corrected chi connectivity index (χ1v) is 10.7. The Morgan fingerprint density at radius 1 is 0.708 bits per heavy atom. The molecule has 0 spiro atoms. The summed E-state index contributed by atoms with van der Waals surface area (Å²) < 4.78 is 44.4. The molecule has 0 aromatic rings. The second-order valence-electron chi connectivity index (χ2n) is 4.21. The third-order valence-corrected chi connectivity index (χ3v) is 3.67. The van der Waals surface area contributed by atoms with Crippen LogP contribution >= 0.6 is 15.6 Å². The van der Waals surface area contributed by atoms with Gasteiger partial charge in [0.25, 0.3) is 0 Å². The molecule has 148 valence electrons. The largest absolute Gasteiger partial charge is 0.472 e. The first-order chi connectivity index (χ1) is 11.2. The fourth-order valence-corrected chi connectivity index (χ4v) is 2.13. The third kappa shape index (κ3) is 24.4. The van der Waals surface area contributed by atoms with E-state index < -0.39 is 15.6 Å². The highest BCUT2D eigenvalue weighted by Crippen LogP contribution is 2.42. The molecule has 0 amide bonds. The van der Waals surface area contributed by atoms with Crippen molar-refractivity contribution in [3.05, 3.63) is 0 Å². The molecule has 0 aliphatic rings. The molecule has 10 nitrogen and oxygen atoms in total. The highest BCUT2D eigenvalue weighted by atomic mass is 31.2. The van der Waals surface area contributed by atoms with Gasteiger partial charge < -0.3 is 24.2 Å². The Morgan fingerprint density at radius 2 is 1.17 bits per heavy atom. The summed E-state index contributed by atoms with van der Waals surface area (Å²) in [7, 11) is -8.13. The maximum absolute atomic E-state index is 11.1. The zero-order valence-corrected chi connectivity index (χ0v) is 16.2. The van der Waals surface area contributed by atoms with Crippen LogP contribution in [0.3, 0.4) is 0 Å². The van der Waals surface area contributed by atoms with Crippen LogP contribution in [-0.4, -0.2) is 60.9 Å². The van der Waals surface area contributed by atoms with Crippen LogP contribution in [0.5, 0.6) is 0 Å². The van der Waals surface area contributed by atoms with Crippen LogP contribution < -0.4 is 0 Å². The monoisotopic (exact) mass is 396 g/mol. The van der Waals surface area contributed by atoms with Gasteiger partial charge >= 0.3 is 15.6 Å². The molecule has 0 aliphatic carbocycles. The maximum Gasteiger partial charge on any atom is 0.472 e. The van der Waals surface area contributed by atoms with Gasteiger partial charge in [-0.15, -0.1) is 0 Å². The third-order valence-electron chi connectivity index (χ3n) is 2.13. The fraction of sp³-hybridized carbons (Fsp3) is 1.00. The summed E-state index contributed by atoms with van der Waals surface area (Å²) in [5.74, 6) is 0. The number of phosphoric ester groups is 2. The summed E-state index contributed by atoms with van der Waals surface area (Å²) in [6, 6.07) is 0. The predicted molar refractivity (Wildman–Crippen MR) is 87.6 cm³/mol. The molecule has 0 radical (unpaired) electrons. The molecule has 3 N–H and O–H groups in total. The van der Waals surface area contributed by atoms with Gasteiger partial charge in [-0.1, -0.05) is 13.3 Å². The van der Waals surface area contributed by atoms with Gasteiger partial charge in [-0.25, -0.2) is 9.13 Å². The van der Waals surface area contributed by atoms with Crippen molar-refractivity contribution in [1.82, 2.24) is 0 Å². The summed E-state index contributed by atoms with van der Waals surface area (Å²) in [5, 5.41) is 0. The normalized spacial score (nSPS) is 11.9. The minimum atomic E-state index is -4.20. The van der Waals surface area contributed by atoms with Crippen LogP contribution in [0.4, 0.5) is 0 Å². The zero-order chi connectivity index (χ0) is 18.9. The summed E-state index contributed by atoms with van der Waals surface area (Å²) >= 11 is 0. The van der Waals surface area contributed by atoms with E-state index in [0.717, 1.165) is 6.42 Å². The van der Waals surface area contributed by atoms with Crippen molar-refractivity contribution in [2.45, 2.75) is 33.6 Å². The van der Waals surface area contributed by atoms with Crippen LogP contribution in [0.2, 0.25) is 0 Å². The maximum atomic E-state index is 11.1. The summed E-state index contributed by atoms with van der Waals surface area (Å²) in [6.07, 6.45) is 1.56. The molecule has 0 heterocycles. The van der Waals surface area contributed by atoms with E-state index in [0.29, 0.717) is 19.6 Å². The second kappa shape index (κ2) is 16.6. The van der Waals surface area contributed by atoms with Crippen molar-refractivity contribution in [2.24, 2.45) is 0 Å². The minimum Gasteiger partial charge on any atom is -0.379 e. The van der Waals surface area contributed by atoms with E-state index in [1.165, 1.54) is 0 Å². The molecule has 24 heavy (non-hydrogen) atoms. The quantitative estimate of drug-likeness (QED) is 0.295. The topological polar surface area (TPSA) is 141 Å². The van der Waals surface area contributed by atoms with Crippen LogP contribution in [0.1, 0.15) is 33.6 Å². The van der Waals surface area contributed by atoms with Gasteiger partial charge in [0.2, 0.25) is 0 Å². The second-order valence-corrected chi connectivity index (χ2v) is 6.90. The lowest BCUT2D eigenvalue weighted by molar-refractivity contribution is 0.0637. The molecule has 0 bridgehead atoms. The first kappa shape index (κ1) is 26.4. The summed E-state index contributed by atoms with van der Waals surface area (Å²) in [4.78, 5) is 25.4. The Kier molecular flexibility index (Phi) is 18.2. The van der Waals surface area contributed by atoms with Crippen molar-refractivity contribution in [3.8, 4) is 0 Å². The van der Waals surface area contributed by atoms with Crippen molar-refractivity contribution in [1.29, 1.82) is 0 Å². The van der Waals surface area contributed by atoms with E-state index in [9.17, 15) is 9.13 Å². The van der Waals surface area contributed by atoms with Crippen LogP contribution in [0.25, 0.3) is 0 Å². The summed E-state index contributed by atoms with van der Waals surface area (Å²) in [5.41, 5.74) is 0. The molecule has 0 atom stereocenters. The van der Waals surface area contributed by atoms with Crippen molar-refractivity contribution >= 4 is 15.6 Å². The van der Waals surface area contributed by atoms with Crippen molar-refractivity contribution < 1.29 is 46.9 Å². The van der Waals surface area contributed by atoms with Gasteiger partial charge in [0, 0.05) is 13.2 Å². The van der Waals surface area contributed by atoms with Gasteiger partial charge in [-0.2, -0.15) is 0 Å². The number of hydrogen-bond acceptors (Lipinski definition) is 7. The zero-order valence-electron chi connectivity index (χ0n) is 14.5. The van der Waals surface area contributed by atoms with E-state index in [1.54, 1.807) is 0 Å². The average molecular weight is 396 g/mol. The smallest absolute Gasteiger partial charge is 0.379 e. The molecule has 0 unspecified atom stereocenters. The van der Waals surface area contributed by atoms with Crippen LogP contribution in [0.15, 0.2) is 0 Å². The molecular formula is C12H30O10P2. The van der Waals surface area contributed by atoms with Gasteiger partial charge in [0.05, 0.1) is 33.0 Å². The molecule has 0 aliphatic heterocycles. The van der Waals surface area contributed by atoms with Crippen LogP contribution in [-0.2, 0) is 32.2 Å². The molecular weight excluding hydrogens is 366 g/mol. The van der Waals surface area contributed by atoms with E-state index in [-0.39, 0.29) is 33.0 Å². The Bertz CT molecular complexity index is 344. The molecule has 0 rings (SSSR count). The Morgan fingerprint density at radius 3 is 1.50 bits per heavy atom. The molecule has 0 aromatic carbocycles. The minimum absolute atomic E-state index is 0.0379.